The average Bonchev–Trinajstić information content (AvgIpc) is 2.44. The van der Waals surface area contributed by atoms with Crippen LogP contribution in [-0.4, -0.2) is 17.6 Å². The van der Waals surface area contributed by atoms with Crippen LogP contribution in [0, 0.1) is 3.57 Å². The van der Waals surface area contributed by atoms with E-state index < -0.39 is 5.97 Å². The highest BCUT2D eigenvalue weighted by Gasteiger charge is 2.15. The van der Waals surface area contributed by atoms with E-state index in [0.29, 0.717) is 5.75 Å². The van der Waals surface area contributed by atoms with Crippen molar-refractivity contribution in [2.45, 2.75) is 6.92 Å². The second kappa shape index (κ2) is 6.56. The Morgan fingerprint density at radius 2 is 2.00 bits per heavy atom. The molecule has 0 aliphatic heterocycles. The Labute approximate surface area is 130 Å². The predicted molar refractivity (Wildman–Crippen MR) is 83.8 cm³/mol. The minimum Gasteiger partial charge on any atom is -0.462 e. The third-order valence-electron chi connectivity index (χ3n) is 2.48. The Morgan fingerprint density at radius 1 is 1.30 bits per heavy atom. The molecule has 104 valence electrons. The van der Waals surface area contributed by atoms with E-state index >= 15 is 0 Å². The average molecular weight is 384 g/mol. The van der Waals surface area contributed by atoms with E-state index in [1.807, 2.05) is 12.1 Å². The van der Waals surface area contributed by atoms with E-state index in [1.165, 1.54) is 12.3 Å². The molecule has 2 rings (SSSR count). The van der Waals surface area contributed by atoms with E-state index in [-0.39, 0.29) is 23.7 Å². The molecule has 1 heterocycles. The second-order valence-corrected chi connectivity index (χ2v) is 5.10. The smallest absolute Gasteiger partial charge is 0.340 e. The Balaban J connectivity index is 2.26. The Morgan fingerprint density at radius 3 is 2.65 bits per heavy atom. The van der Waals surface area contributed by atoms with Crippen LogP contribution < -0.4 is 10.5 Å². The van der Waals surface area contributed by atoms with Crippen molar-refractivity contribution in [2.24, 2.45) is 0 Å². The number of pyridine rings is 1. The SMILES string of the molecule is CCOC(=O)c1ccnc(Oc2ccc(I)cc2)c1N. The summed E-state index contributed by atoms with van der Waals surface area (Å²) in [4.78, 5) is 15.8. The molecule has 2 N–H and O–H groups in total. The number of esters is 1. The molecule has 6 heteroatoms. The van der Waals surface area contributed by atoms with Crippen molar-refractivity contribution in [1.82, 2.24) is 4.98 Å². The largest absolute Gasteiger partial charge is 0.462 e. The van der Waals surface area contributed by atoms with Crippen LogP contribution in [0.2, 0.25) is 0 Å². The summed E-state index contributed by atoms with van der Waals surface area (Å²) >= 11 is 2.20. The number of nitrogen functional groups attached to an aromatic ring is 1. The molecular formula is C14H13IN2O3. The predicted octanol–water partition coefficient (Wildman–Crippen LogP) is 3.24. The van der Waals surface area contributed by atoms with Crippen molar-refractivity contribution >= 4 is 34.2 Å². The molecule has 0 radical (unpaired) electrons. The molecule has 0 amide bonds. The number of hydrogen-bond donors (Lipinski definition) is 1. The molecule has 0 spiro atoms. The maximum Gasteiger partial charge on any atom is 0.340 e. The number of halogens is 1. The van der Waals surface area contributed by atoms with Gasteiger partial charge in [-0.05, 0) is 59.8 Å². The molecule has 0 fully saturated rings. The van der Waals surface area contributed by atoms with Gasteiger partial charge in [0.15, 0.2) is 0 Å². The summed E-state index contributed by atoms with van der Waals surface area (Å²) in [7, 11) is 0. The summed E-state index contributed by atoms with van der Waals surface area (Å²) in [6.07, 6.45) is 1.46. The van der Waals surface area contributed by atoms with E-state index in [1.54, 1.807) is 19.1 Å². The van der Waals surface area contributed by atoms with Crippen molar-refractivity contribution in [3.05, 3.63) is 45.7 Å². The monoisotopic (exact) mass is 384 g/mol. The first-order valence-electron chi connectivity index (χ1n) is 5.97. The van der Waals surface area contributed by atoms with Crippen molar-refractivity contribution in [3.63, 3.8) is 0 Å². The highest BCUT2D eigenvalue weighted by Crippen LogP contribution is 2.28. The van der Waals surface area contributed by atoms with E-state index in [4.69, 9.17) is 15.2 Å². The number of carbonyl (C=O) groups is 1. The van der Waals surface area contributed by atoms with Crippen LogP contribution in [0.1, 0.15) is 17.3 Å². The Kier molecular flexibility index (Phi) is 4.78. The maximum absolute atomic E-state index is 11.7. The fourth-order valence-electron chi connectivity index (χ4n) is 1.54. The maximum atomic E-state index is 11.7. The van der Waals surface area contributed by atoms with Gasteiger partial charge in [0.1, 0.15) is 11.4 Å². The van der Waals surface area contributed by atoms with Gasteiger partial charge in [-0.3, -0.25) is 0 Å². The highest BCUT2D eigenvalue weighted by molar-refractivity contribution is 14.1. The molecule has 0 aliphatic rings. The molecule has 1 aromatic carbocycles. The minimum atomic E-state index is -0.486. The number of rotatable bonds is 4. The fourth-order valence-corrected chi connectivity index (χ4v) is 1.90. The lowest BCUT2D eigenvalue weighted by atomic mass is 10.2. The summed E-state index contributed by atoms with van der Waals surface area (Å²) in [5.41, 5.74) is 6.33. The number of nitrogens with zero attached hydrogens (tertiary/aromatic N) is 1. The van der Waals surface area contributed by atoms with Gasteiger partial charge in [-0.25, -0.2) is 9.78 Å². The third-order valence-corrected chi connectivity index (χ3v) is 3.20. The molecule has 20 heavy (non-hydrogen) atoms. The number of benzene rings is 1. The molecule has 0 atom stereocenters. The lowest BCUT2D eigenvalue weighted by Gasteiger charge is -2.10. The van der Waals surface area contributed by atoms with Gasteiger partial charge in [-0.2, -0.15) is 0 Å². The van der Waals surface area contributed by atoms with Crippen LogP contribution in [0.4, 0.5) is 5.69 Å². The summed E-state index contributed by atoms with van der Waals surface area (Å²) in [6, 6.07) is 8.93. The second-order valence-electron chi connectivity index (χ2n) is 3.85. The molecule has 0 saturated carbocycles. The number of carbonyl (C=O) groups excluding carboxylic acids is 1. The van der Waals surface area contributed by atoms with Gasteiger partial charge in [0.05, 0.1) is 12.2 Å². The van der Waals surface area contributed by atoms with Gasteiger partial charge >= 0.3 is 5.97 Å². The zero-order chi connectivity index (χ0) is 14.5. The number of ether oxygens (including phenoxy) is 2. The molecule has 0 saturated heterocycles. The summed E-state index contributed by atoms with van der Waals surface area (Å²) in [6.45, 7) is 2.02. The zero-order valence-corrected chi connectivity index (χ0v) is 13.0. The number of nitrogens with two attached hydrogens (primary N) is 1. The van der Waals surface area contributed by atoms with Gasteiger partial charge in [0.25, 0.3) is 0 Å². The topological polar surface area (TPSA) is 74.4 Å². The van der Waals surface area contributed by atoms with Gasteiger partial charge in [0, 0.05) is 9.77 Å². The molecule has 1 aromatic heterocycles. The number of anilines is 1. The van der Waals surface area contributed by atoms with Crippen LogP contribution in [0.25, 0.3) is 0 Å². The number of aromatic nitrogens is 1. The molecule has 5 nitrogen and oxygen atoms in total. The van der Waals surface area contributed by atoms with Gasteiger partial charge < -0.3 is 15.2 Å². The quantitative estimate of drug-likeness (QED) is 0.647. The van der Waals surface area contributed by atoms with Gasteiger partial charge in [-0.15, -0.1) is 0 Å². The summed E-state index contributed by atoms with van der Waals surface area (Å²) in [5, 5.41) is 0. The van der Waals surface area contributed by atoms with Gasteiger partial charge in [0.2, 0.25) is 5.88 Å². The summed E-state index contributed by atoms with van der Waals surface area (Å²) < 4.78 is 11.6. The van der Waals surface area contributed by atoms with Crippen molar-refractivity contribution in [2.75, 3.05) is 12.3 Å². The minimum absolute atomic E-state index is 0.171. The van der Waals surface area contributed by atoms with E-state index in [2.05, 4.69) is 27.6 Å². The number of hydrogen-bond acceptors (Lipinski definition) is 5. The lowest BCUT2D eigenvalue weighted by Crippen LogP contribution is -2.09. The third kappa shape index (κ3) is 3.38. The molecular weight excluding hydrogens is 371 g/mol. The van der Waals surface area contributed by atoms with Crippen LogP contribution >= 0.6 is 22.6 Å². The van der Waals surface area contributed by atoms with Crippen molar-refractivity contribution in [3.8, 4) is 11.6 Å². The first-order valence-corrected chi connectivity index (χ1v) is 7.04. The molecule has 0 bridgehead atoms. The normalized spacial score (nSPS) is 10.1. The zero-order valence-electron chi connectivity index (χ0n) is 10.8. The van der Waals surface area contributed by atoms with E-state index in [0.717, 1.165) is 3.57 Å². The van der Waals surface area contributed by atoms with E-state index in [9.17, 15) is 4.79 Å². The van der Waals surface area contributed by atoms with Crippen molar-refractivity contribution in [1.29, 1.82) is 0 Å². The molecule has 2 aromatic rings. The van der Waals surface area contributed by atoms with Crippen LogP contribution in [0.15, 0.2) is 36.5 Å². The van der Waals surface area contributed by atoms with Crippen LogP contribution in [0.5, 0.6) is 11.6 Å². The first-order chi connectivity index (χ1) is 9.61. The summed E-state index contributed by atoms with van der Waals surface area (Å²) in [5.74, 6) is 0.308. The Hall–Kier alpha value is -1.83. The molecule has 0 aliphatic carbocycles. The molecule has 0 unspecified atom stereocenters. The highest BCUT2D eigenvalue weighted by atomic mass is 127. The van der Waals surface area contributed by atoms with Crippen LogP contribution in [-0.2, 0) is 4.74 Å². The van der Waals surface area contributed by atoms with Crippen LogP contribution in [0.3, 0.4) is 0 Å². The first kappa shape index (κ1) is 14.6. The Bertz CT molecular complexity index is 614. The van der Waals surface area contributed by atoms with Gasteiger partial charge in [-0.1, -0.05) is 0 Å². The fraction of sp³-hybridized carbons (Fsp3) is 0.143. The lowest BCUT2D eigenvalue weighted by molar-refractivity contribution is 0.0527. The van der Waals surface area contributed by atoms with Crippen molar-refractivity contribution < 1.29 is 14.3 Å². The standard InChI is InChI=1S/C14H13IN2O3/c1-2-19-14(18)11-7-8-17-13(12(11)16)20-10-5-3-9(15)4-6-10/h3-8H,2,16H2,1H3.